The number of hydrogen-bond acceptors (Lipinski definition) is 6. The molecular weight excluding hydrogens is 278 g/mol. The van der Waals surface area contributed by atoms with Crippen molar-refractivity contribution in [3.05, 3.63) is 16.8 Å². The van der Waals surface area contributed by atoms with E-state index in [2.05, 4.69) is 15.5 Å². The second-order valence-electron chi connectivity index (χ2n) is 4.69. The minimum atomic E-state index is -0.656. The summed E-state index contributed by atoms with van der Waals surface area (Å²) in [6.07, 6.45) is 0.0840. The summed E-state index contributed by atoms with van der Waals surface area (Å²) in [5.41, 5.74) is 7.78. The first-order chi connectivity index (χ1) is 9.32. The van der Waals surface area contributed by atoms with Crippen molar-refractivity contribution in [1.29, 1.82) is 0 Å². The lowest BCUT2D eigenvalue weighted by atomic mass is 10.1. The van der Waals surface area contributed by atoms with Gasteiger partial charge >= 0.3 is 0 Å². The van der Waals surface area contributed by atoms with E-state index in [4.69, 9.17) is 18.0 Å². The predicted molar refractivity (Wildman–Crippen MR) is 77.2 cm³/mol. The van der Waals surface area contributed by atoms with Gasteiger partial charge in [0, 0.05) is 7.05 Å². The maximum absolute atomic E-state index is 11.9. The first-order valence-electron chi connectivity index (χ1n) is 6.03. The summed E-state index contributed by atoms with van der Waals surface area (Å²) in [5.74, 6) is -0.202. The number of nitrogens with zero attached hydrogens (tertiary/aromatic N) is 3. The van der Waals surface area contributed by atoms with Gasteiger partial charge in [0.2, 0.25) is 5.91 Å². The number of likely N-dealkylation sites (N-methyl/N-ethyl adjacent to an activating group) is 1. The molecule has 1 aliphatic rings. The number of amides is 2. The van der Waals surface area contributed by atoms with Crippen molar-refractivity contribution in [2.24, 2.45) is 5.73 Å². The highest BCUT2D eigenvalue weighted by Crippen LogP contribution is 2.22. The Kier molecular flexibility index (Phi) is 3.67. The van der Waals surface area contributed by atoms with E-state index in [1.54, 1.807) is 6.92 Å². The van der Waals surface area contributed by atoms with Gasteiger partial charge in [0.05, 0.1) is 17.7 Å². The monoisotopic (exact) mass is 293 g/mol. The van der Waals surface area contributed by atoms with Crippen molar-refractivity contribution < 1.29 is 9.59 Å². The van der Waals surface area contributed by atoms with Gasteiger partial charge in [-0.3, -0.25) is 14.5 Å². The van der Waals surface area contributed by atoms with E-state index in [-0.39, 0.29) is 23.2 Å². The Morgan fingerprint density at radius 1 is 1.40 bits per heavy atom. The number of hydrogen-bond donors (Lipinski definition) is 2. The van der Waals surface area contributed by atoms with Crippen molar-refractivity contribution in [1.82, 2.24) is 15.1 Å². The van der Waals surface area contributed by atoms with Crippen LogP contribution in [0.25, 0.3) is 0 Å². The molecule has 3 N–H and O–H groups in total. The lowest BCUT2D eigenvalue weighted by Crippen LogP contribution is -2.33. The number of likely N-dealkylation sites (tertiary alicyclic amines) is 1. The Morgan fingerprint density at radius 3 is 2.55 bits per heavy atom. The molecular formula is C12H15N5O2S. The number of nitrogens with one attached hydrogen (secondary N) is 1. The zero-order chi connectivity index (χ0) is 15.0. The Balaban J connectivity index is 2.36. The number of anilines is 1. The molecule has 1 unspecified atom stereocenters. The van der Waals surface area contributed by atoms with E-state index in [0.717, 1.165) is 10.5 Å². The van der Waals surface area contributed by atoms with E-state index in [1.165, 1.54) is 7.05 Å². The van der Waals surface area contributed by atoms with E-state index < -0.39 is 6.04 Å². The molecule has 1 aromatic heterocycles. The van der Waals surface area contributed by atoms with Crippen LogP contribution in [-0.2, 0) is 9.59 Å². The number of thiocarbonyl (C=S) groups is 1. The van der Waals surface area contributed by atoms with Crippen molar-refractivity contribution in [2.45, 2.75) is 26.3 Å². The average Bonchev–Trinajstić information content (AvgIpc) is 2.61. The third kappa shape index (κ3) is 2.34. The van der Waals surface area contributed by atoms with Crippen molar-refractivity contribution >= 4 is 34.8 Å². The minimum Gasteiger partial charge on any atom is -0.389 e. The van der Waals surface area contributed by atoms with Gasteiger partial charge in [0.15, 0.2) is 5.82 Å². The van der Waals surface area contributed by atoms with Crippen LogP contribution in [0.4, 0.5) is 5.82 Å². The van der Waals surface area contributed by atoms with Crippen LogP contribution in [0.5, 0.6) is 0 Å². The SMILES string of the molecule is Cc1nnc(NC2CC(=O)N(C)C2=O)c(C(N)=S)c1C. The number of imide groups is 1. The Hall–Kier alpha value is -2.09. The average molecular weight is 293 g/mol. The number of aryl methyl sites for hydroxylation is 1. The zero-order valence-corrected chi connectivity index (χ0v) is 12.2. The topological polar surface area (TPSA) is 101 Å². The highest BCUT2D eigenvalue weighted by Gasteiger charge is 2.36. The molecule has 1 aromatic rings. The normalized spacial score (nSPS) is 18.6. The molecule has 0 radical (unpaired) electrons. The van der Waals surface area contributed by atoms with Crippen LogP contribution in [-0.4, -0.2) is 45.0 Å². The van der Waals surface area contributed by atoms with Crippen molar-refractivity contribution in [3.63, 3.8) is 0 Å². The summed E-state index contributed by atoms with van der Waals surface area (Å²) in [7, 11) is 1.45. The maximum atomic E-state index is 11.9. The smallest absolute Gasteiger partial charge is 0.251 e. The first-order valence-corrected chi connectivity index (χ1v) is 6.44. The molecule has 0 aliphatic carbocycles. The van der Waals surface area contributed by atoms with Gasteiger partial charge in [-0.25, -0.2) is 0 Å². The Labute approximate surface area is 121 Å². The molecule has 0 spiro atoms. The van der Waals surface area contributed by atoms with E-state index >= 15 is 0 Å². The van der Waals surface area contributed by atoms with Crippen LogP contribution in [0.3, 0.4) is 0 Å². The van der Waals surface area contributed by atoms with Crippen LogP contribution in [0.2, 0.25) is 0 Å². The molecule has 0 saturated carbocycles. The maximum Gasteiger partial charge on any atom is 0.251 e. The molecule has 2 heterocycles. The summed E-state index contributed by atoms with van der Waals surface area (Å²) in [4.78, 5) is 24.7. The molecule has 1 fully saturated rings. The van der Waals surface area contributed by atoms with E-state index in [0.29, 0.717) is 17.1 Å². The second kappa shape index (κ2) is 5.12. The van der Waals surface area contributed by atoms with Crippen molar-refractivity contribution in [3.8, 4) is 0 Å². The predicted octanol–water partition coefficient (Wildman–Crippen LogP) is -0.103. The van der Waals surface area contributed by atoms with Gasteiger partial charge < -0.3 is 11.1 Å². The first kappa shape index (κ1) is 14.3. The quantitative estimate of drug-likeness (QED) is 0.592. The van der Waals surface area contributed by atoms with Crippen LogP contribution in [0.15, 0.2) is 0 Å². The van der Waals surface area contributed by atoms with Gasteiger partial charge in [-0.15, -0.1) is 5.10 Å². The minimum absolute atomic E-state index is 0.0840. The molecule has 8 heteroatoms. The number of aromatic nitrogens is 2. The summed E-state index contributed by atoms with van der Waals surface area (Å²) < 4.78 is 0. The van der Waals surface area contributed by atoms with Gasteiger partial charge in [-0.2, -0.15) is 5.10 Å². The molecule has 1 atom stereocenters. The number of carbonyl (C=O) groups is 2. The second-order valence-corrected chi connectivity index (χ2v) is 5.13. The van der Waals surface area contributed by atoms with E-state index in [1.807, 2.05) is 6.92 Å². The van der Waals surface area contributed by atoms with E-state index in [9.17, 15) is 9.59 Å². The molecule has 1 saturated heterocycles. The summed E-state index contributed by atoms with van der Waals surface area (Å²) in [6, 6.07) is -0.656. The van der Waals surface area contributed by atoms with Crippen molar-refractivity contribution in [2.75, 3.05) is 12.4 Å². The molecule has 106 valence electrons. The fourth-order valence-electron chi connectivity index (χ4n) is 2.04. The van der Waals surface area contributed by atoms with Gasteiger partial charge in [-0.05, 0) is 19.4 Å². The fourth-order valence-corrected chi connectivity index (χ4v) is 2.29. The number of rotatable bonds is 3. The summed E-state index contributed by atoms with van der Waals surface area (Å²) >= 11 is 5.02. The van der Waals surface area contributed by atoms with Crippen LogP contribution in [0.1, 0.15) is 23.2 Å². The van der Waals surface area contributed by atoms with Crippen LogP contribution < -0.4 is 11.1 Å². The number of nitrogens with two attached hydrogens (primary N) is 1. The molecule has 2 amide bonds. The fraction of sp³-hybridized carbons (Fsp3) is 0.417. The van der Waals surface area contributed by atoms with Crippen LogP contribution >= 0.6 is 12.2 Å². The molecule has 0 aromatic carbocycles. The zero-order valence-electron chi connectivity index (χ0n) is 11.4. The number of carbonyl (C=O) groups excluding carboxylic acids is 2. The standard InChI is InChI=1S/C12H15N5O2S/c1-5-6(2)15-16-11(9(5)10(13)20)14-7-4-8(18)17(3)12(7)19/h7H,4H2,1-3H3,(H2,13,20)(H,14,16). The summed E-state index contributed by atoms with van der Waals surface area (Å²) in [6.45, 7) is 3.63. The molecule has 1 aliphatic heterocycles. The van der Waals surface area contributed by atoms with Gasteiger partial charge in [0.1, 0.15) is 11.0 Å². The highest BCUT2D eigenvalue weighted by molar-refractivity contribution is 7.80. The third-order valence-electron chi connectivity index (χ3n) is 3.39. The van der Waals surface area contributed by atoms with Gasteiger partial charge in [0.25, 0.3) is 5.91 Å². The highest BCUT2D eigenvalue weighted by atomic mass is 32.1. The van der Waals surface area contributed by atoms with Crippen LogP contribution in [0, 0.1) is 13.8 Å². The molecule has 20 heavy (non-hydrogen) atoms. The lowest BCUT2D eigenvalue weighted by molar-refractivity contribution is -0.136. The van der Waals surface area contributed by atoms with Gasteiger partial charge in [-0.1, -0.05) is 12.2 Å². The molecule has 2 rings (SSSR count). The third-order valence-corrected chi connectivity index (χ3v) is 3.60. The lowest BCUT2D eigenvalue weighted by Gasteiger charge is -2.16. The molecule has 7 nitrogen and oxygen atoms in total. The summed E-state index contributed by atoms with van der Waals surface area (Å²) in [5, 5.41) is 10.9. The largest absolute Gasteiger partial charge is 0.389 e. The molecule has 0 bridgehead atoms. The Bertz CT molecular complexity index is 616. The Morgan fingerprint density at radius 2 is 2.05 bits per heavy atom.